The fraction of sp³-hybridized carbons (Fsp3) is 0.200. The first-order chi connectivity index (χ1) is 22.4. The number of ether oxygens (including phenoxy) is 1. The molecule has 2 aromatic heterocycles. The average molecular weight is 662 g/mol. The summed E-state index contributed by atoms with van der Waals surface area (Å²) < 4.78 is 73.0. The van der Waals surface area contributed by atoms with Crippen molar-refractivity contribution in [3.05, 3.63) is 89.5 Å². The van der Waals surface area contributed by atoms with Crippen molar-refractivity contribution < 1.29 is 35.6 Å². The molecule has 6 aromatic rings. The number of hydrogen-bond acceptors (Lipinski definition) is 7. The van der Waals surface area contributed by atoms with Crippen LogP contribution in [0, 0.1) is 18.6 Å². The number of carbonyl (C=O) groups is 1. The Hall–Kier alpha value is -5.23. The minimum absolute atomic E-state index is 0.109. The van der Waals surface area contributed by atoms with Gasteiger partial charge in [-0.3, -0.25) is 9.10 Å². The van der Waals surface area contributed by atoms with Crippen LogP contribution in [0.2, 0.25) is 0 Å². The zero-order valence-electron chi connectivity index (χ0n) is 26.9. The van der Waals surface area contributed by atoms with E-state index in [9.17, 15) is 22.0 Å². The molecule has 0 atom stereocenters. The molecule has 0 saturated carbocycles. The molecule has 1 N–H and O–H groups in total. The number of halogens is 2. The van der Waals surface area contributed by atoms with Gasteiger partial charge < -0.3 is 18.9 Å². The van der Waals surface area contributed by atoms with Gasteiger partial charge in [0, 0.05) is 36.7 Å². The highest BCUT2D eigenvalue weighted by atomic mass is 32.2. The number of aromatic nitrogens is 1. The summed E-state index contributed by atoms with van der Waals surface area (Å²) in [4.78, 5) is 17.5. The van der Waals surface area contributed by atoms with Gasteiger partial charge in [0.05, 0.1) is 30.2 Å². The van der Waals surface area contributed by atoms with Crippen LogP contribution in [-0.4, -0.2) is 46.8 Å². The zero-order valence-corrected chi connectivity index (χ0v) is 27.7. The molecule has 6 rings (SSSR count). The summed E-state index contributed by atoms with van der Waals surface area (Å²) in [6.45, 7) is 5.94. The van der Waals surface area contributed by atoms with E-state index < -0.39 is 27.6 Å². The van der Waals surface area contributed by atoms with Crippen LogP contribution in [0.3, 0.4) is 0 Å². The molecule has 1 amide bonds. The number of sulfonamides is 1. The van der Waals surface area contributed by atoms with Crippen LogP contribution in [0.1, 0.15) is 29.8 Å². The lowest BCUT2D eigenvalue weighted by Gasteiger charge is -2.21. The van der Waals surface area contributed by atoms with Crippen LogP contribution >= 0.6 is 0 Å². The highest BCUT2D eigenvalue weighted by Crippen LogP contribution is 2.43. The van der Waals surface area contributed by atoms with E-state index in [0.29, 0.717) is 33.6 Å². The Morgan fingerprint density at radius 1 is 0.915 bits per heavy atom. The van der Waals surface area contributed by atoms with Crippen molar-refractivity contribution in [2.75, 3.05) is 31.8 Å². The number of oxazole rings is 1. The number of nitrogens with zero attached hydrogens (tertiary/aromatic N) is 2. The summed E-state index contributed by atoms with van der Waals surface area (Å²) in [5.41, 5.74) is 3.01. The second-order valence-electron chi connectivity index (χ2n) is 10.5. The Morgan fingerprint density at radius 2 is 1.57 bits per heavy atom. The molecule has 0 bridgehead atoms. The van der Waals surface area contributed by atoms with Crippen molar-refractivity contribution in [3.8, 4) is 39.7 Å². The standard InChI is InChI=1S/C33H27F2N3O6S.C2H6/c1-17-6-8-18(9-7-17)30-28(32(39)36-2)21-15-20(25(16-27(21)43-30)38(3)45(5,40)41)19-10-13-26(42-4)22(14-19)33-37-29-23(34)11-12-24(35)31(29)44-33;1-2/h6-16H,1-5H3,(H,36,39);1-2H3. The predicted octanol–water partition coefficient (Wildman–Crippen LogP) is 7.95. The first-order valence-electron chi connectivity index (χ1n) is 14.7. The second-order valence-corrected chi connectivity index (χ2v) is 12.5. The van der Waals surface area contributed by atoms with E-state index in [1.165, 1.54) is 21.2 Å². The summed E-state index contributed by atoms with van der Waals surface area (Å²) in [5.74, 6) is -1.44. The molecule has 0 unspecified atom stereocenters. The average Bonchev–Trinajstić information content (AvgIpc) is 3.69. The van der Waals surface area contributed by atoms with E-state index in [2.05, 4.69) is 10.3 Å². The number of amides is 1. The third-order valence-electron chi connectivity index (χ3n) is 7.60. The molecule has 2 heterocycles. The molecular weight excluding hydrogens is 628 g/mol. The van der Waals surface area contributed by atoms with Gasteiger partial charge in [0.2, 0.25) is 15.9 Å². The fourth-order valence-corrected chi connectivity index (χ4v) is 5.67. The molecular formula is C35H33F2N3O6S. The van der Waals surface area contributed by atoms with Gasteiger partial charge in [-0.15, -0.1) is 0 Å². The molecule has 12 heteroatoms. The SMILES string of the molecule is CC.CNC(=O)c1c(-c2ccc(C)cc2)oc2cc(N(C)S(C)(=O)=O)c(-c3ccc(OC)c(-c4nc5c(F)ccc(F)c5o4)c3)cc12. The molecule has 0 fully saturated rings. The molecule has 4 aromatic carbocycles. The molecule has 9 nitrogen and oxygen atoms in total. The predicted molar refractivity (Wildman–Crippen MR) is 179 cm³/mol. The maximum atomic E-state index is 14.5. The Labute approximate surface area is 270 Å². The lowest BCUT2D eigenvalue weighted by atomic mass is 9.97. The number of anilines is 1. The molecule has 0 saturated heterocycles. The first-order valence-corrected chi connectivity index (χ1v) is 16.5. The molecule has 0 aliphatic carbocycles. The maximum Gasteiger partial charge on any atom is 0.255 e. The van der Waals surface area contributed by atoms with E-state index in [0.717, 1.165) is 28.3 Å². The highest BCUT2D eigenvalue weighted by Gasteiger charge is 2.27. The molecule has 244 valence electrons. The van der Waals surface area contributed by atoms with Gasteiger partial charge in [0.1, 0.15) is 22.6 Å². The Morgan fingerprint density at radius 3 is 2.19 bits per heavy atom. The van der Waals surface area contributed by atoms with E-state index >= 15 is 0 Å². The molecule has 0 aliphatic rings. The van der Waals surface area contributed by atoms with Gasteiger partial charge in [0.15, 0.2) is 17.2 Å². The van der Waals surface area contributed by atoms with Crippen molar-refractivity contribution in [1.82, 2.24) is 10.3 Å². The van der Waals surface area contributed by atoms with Gasteiger partial charge in [-0.05, 0) is 42.8 Å². The third kappa shape index (κ3) is 6.03. The topological polar surface area (TPSA) is 115 Å². The highest BCUT2D eigenvalue weighted by molar-refractivity contribution is 7.92. The van der Waals surface area contributed by atoms with E-state index in [1.807, 2.05) is 45.0 Å². The number of furan rings is 1. The Kier molecular flexibility index (Phi) is 9.08. The Balaban J connectivity index is 0.00000213. The van der Waals surface area contributed by atoms with Gasteiger partial charge in [-0.25, -0.2) is 22.2 Å². The van der Waals surface area contributed by atoms with E-state index in [4.69, 9.17) is 13.6 Å². The summed E-state index contributed by atoms with van der Waals surface area (Å²) in [5, 5.41) is 3.10. The van der Waals surface area contributed by atoms with Gasteiger partial charge in [-0.2, -0.15) is 0 Å². The zero-order chi connectivity index (χ0) is 34.2. The summed E-state index contributed by atoms with van der Waals surface area (Å²) in [7, 11) is 0.568. The molecule has 0 aliphatic heterocycles. The molecule has 47 heavy (non-hydrogen) atoms. The van der Waals surface area contributed by atoms with Crippen molar-refractivity contribution in [1.29, 1.82) is 0 Å². The Bertz CT molecular complexity index is 2200. The summed E-state index contributed by atoms with van der Waals surface area (Å²) >= 11 is 0. The smallest absolute Gasteiger partial charge is 0.255 e. The third-order valence-corrected chi connectivity index (χ3v) is 8.79. The van der Waals surface area contributed by atoms with Crippen molar-refractivity contribution >= 4 is 43.7 Å². The number of fused-ring (bicyclic) bond motifs is 2. The number of aryl methyl sites for hydroxylation is 1. The van der Waals surface area contributed by atoms with Gasteiger partial charge >= 0.3 is 0 Å². The monoisotopic (exact) mass is 661 g/mol. The summed E-state index contributed by atoms with van der Waals surface area (Å²) in [6, 6.07) is 17.5. The van der Waals surface area contributed by atoms with E-state index in [1.54, 1.807) is 30.3 Å². The quantitative estimate of drug-likeness (QED) is 0.185. The van der Waals surface area contributed by atoms with Crippen molar-refractivity contribution in [3.63, 3.8) is 0 Å². The largest absolute Gasteiger partial charge is 0.496 e. The summed E-state index contributed by atoms with van der Waals surface area (Å²) in [6.07, 6.45) is 1.07. The molecule has 0 spiro atoms. The van der Waals surface area contributed by atoms with Gasteiger partial charge in [-0.1, -0.05) is 49.7 Å². The van der Waals surface area contributed by atoms with Crippen LogP contribution in [0.15, 0.2) is 75.6 Å². The van der Waals surface area contributed by atoms with Crippen LogP contribution in [0.25, 0.3) is 56.0 Å². The maximum absolute atomic E-state index is 14.5. The fourth-order valence-electron chi connectivity index (χ4n) is 5.16. The second kappa shape index (κ2) is 12.9. The first kappa shape index (κ1) is 33.1. The number of carbonyl (C=O) groups excluding carboxylic acids is 1. The van der Waals surface area contributed by atoms with Crippen LogP contribution in [0.5, 0.6) is 5.75 Å². The molecule has 0 radical (unpaired) electrons. The minimum Gasteiger partial charge on any atom is -0.496 e. The van der Waals surface area contributed by atoms with Gasteiger partial charge in [0.25, 0.3) is 5.91 Å². The lowest BCUT2D eigenvalue weighted by molar-refractivity contribution is 0.0964. The lowest BCUT2D eigenvalue weighted by Crippen LogP contribution is -2.25. The van der Waals surface area contributed by atoms with E-state index in [-0.39, 0.29) is 39.4 Å². The van der Waals surface area contributed by atoms with Crippen LogP contribution in [0.4, 0.5) is 14.5 Å². The van der Waals surface area contributed by atoms with Crippen molar-refractivity contribution in [2.45, 2.75) is 20.8 Å². The van der Waals surface area contributed by atoms with Crippen LogP contribution < -0.4 is 14.4 Å². The normalized spacial score (nSPS) is 11.3. The number of nitrogens with one attached hydrogen (secondary N) is 1. The van der Waals surface area contributed by atoms with Crippen LogP contribution in [-0.2, 0) is 10.0 Å². The minimum atomic E-state index is -3.76. The number of hydrogen-bond donors (Lipinski definition) is 1. The van der Waals surface area contributed by atoms with Crippen molar-refractivity contribution in [2.24, 2.45) is 0 Å². The number of rotatable bonds is 7. The number of benzene rings is 4. The number of methoxy groups -OCH3 is 1.